The molecular weight excluding hydrogens is 290 g/mol. The van der Waals surface area contributed by atoms with E-state index in [1.54, 1.807) is 26.2 Å². The molecule has 1 aromatic heterocycles. The molecular formula is C19H25NO3. The lowest BCUT2D eigenvalue weighted by atomic mass is 9.73. The molecule has 0 saturated heterocycles. The molecule has 0 aliphatic carbocycles. The zero-order chi connectivity index (χ0) is 17.2. The Morgan fingerprint density at radius 2 is 1.83 bits per heavy atom. The molecule has 0 radical (unpaired) electrons. The molecule has 0 bridgehead atoms. The van der Waals surface area contributed by atoms with Gasteiger partial charge >= 0.3 is 0 Å². The third kappa shape index (κ3) is 2.98. The quantitative estimate of drug-likeness (QED) is 0.903. The smallest absolute Gasteiger partial charge is 0.289 e. The van der Waals surface area contributed by atoms with Crippen LogP contribution in [0.3, 0.4) is 0 Å². The van der Waals surface area contributed by atoms with Crippen molar-refractivity contribution in [2.75, 3.05) is 14.1 Å². The second-order valence-corrected chi connectivity index (χ2v) is 6.15. The molecule has 0 unspecified atom stereocenters. The molecule has 124 valence electrons. The van der Waals surface area contributed by atoms with Gasteiger partial charge in [0.25, 0.3) is 5.91 Å². The third-order valence-corrected chi connectivity index (χ3v) is 4.65. The minimum Gasteiger partial charge on any atom is -0.508 e. The van der Waals surface area contributed by atoms with Gasteiger partial charge in [-0.3, -0.25) is 4.79 Å². The molecule has 2 rings (SSSR count). The number of phenolic OH excluding ortho intramolecular Hbond substituents is 1. The standard InChI is InChI=1S/C19H25NO3/c1-6-19(7-2,14-8-9-15(21)13(3)12-14)17-11-10-16(23-17)18(22)20(4)5/h8-12,21H,6-7H2,1-5H3. The first-order chi connectivity index (χ1) is 10.9. The molecule has 0 saturated carbocycles. The van der Waals surface area contributed by atoms with Crippen LogP contribution in [0, 0.1) is 6.92 Å². The van der Waals surface area contributed by atoms with E-state index in [0.717, 1.165) is 29.7 Å². The zero-order valence-corrected chi connectivity index (χ0v) is 14.5. The fraction of sp³-hybridized carbons (Fsp3) is 0.421. The number of aryl methyl sites for hydroxylation is 1. The van der Waals surface area contributed by atoms with Crippen LogP contribution in [-0.4, -0.2) is 30.0 Å². The van der Waals surface area contributed by atoms with Crippen molar-refractivity contribution in [3.05, 3.63) is 53.0 Å². The van der Waals surface area contributed by atoms with Gasteiger partial charge in [0.15, 0.2) is 5.76 Å². The van der Waals surface area contributed by atoms with Gasteiger partial charge in [0.2, 0.25) is 0 Å². The van der Waals surface area contributed by atoms with Crippen molar-refractivity contribution in [3.8, 4) is 5.75 Å². The number of carbonyl (C=O) groups excluding carboxylic acids is 1. The average Bonchev–Trinajstić information content (AvgIpc) is 3.02. The topological polar surface area (TPSA) is 53.7 Å². The monoisotopic (exact) mass is 315 g/mol. The molecule has 1 heterocycles. The Balaban J connectivity index is 2.53. The predicted octanol–water partition coefficient (Wildman–Crippen LogP) is 4.10. The maximum absolute atomic E-state index is 12.1. The van der Waals surface area contributed by atoms with Crippen LogP contribution in [0.4, 0.5) is 0 Å². The summed E-state index contributed by atoms with van der Waals surface area (Å²) in [5.41, 5.74) is 1.63. The molecule has 0 spiro atoms. The average molecular weight is 315 g/mol. The number of hydrogen-bond acceptors (Lipinski definition) is 3. The molecule has 0 fully saturated rings. The van der Waals surface area contributed by atoms with Crippen LogP contribution in [0.1, 0.15) is 54.1 Å². The van der Waals surface area contributed by atoms with Crippen LogP contribution >= 0.6 is 0 Å². The summed E-state index contributed by atoms with van der Waals surface area (Å²) < 4.78 is 5.92. The van der Waals surface area contributed by atoms with Crippen LogP contribution in [0.25, 0.3) is 0 Å². The van der Waals surface area contributed by atoms with Gasteiger partial charge in [0, 0.05) is 14.1 Å². The Morgan fingerprint density at radius 3 is 2.35 bits per heavy atom. The molecule has 1 aromatic carbocycles. The van der Waals surface area contributed by atoms with Gasteiger partial charge in [-0.1, -0.05) is 26.0 Å². The van der Waals surface area contributed by atoms with E-state index in [-0.39, 0.29) is 17.1 Å². The summed E-state index contributed by atoms with van der Waals surface area (Å²) in [5.74, 6) is 1.29. The van der Waals surface area contributed by atoms with Gasteiger partial charge in [-0.25, -0.2) is 0 Å². The molecule has 1 N–H and O–H groups in total. The maximum Gasteiger partial charge on any atom is 0.289 e. The van der Waals surface area contributed by atoms with Crippen molar-refractivity contribution < 1.29 is 14.3 Å². The Hall–Kier alpha value is -2.23. The van der Waals surface area contributed by atoms with E-state index >= 15 is 0 Å². The van der Waals surface area contributed by atoms with Gasteiger partial charge < -0.3 is 14.4 Å². The molecule has 0 aliphatic rings. The normalized spacial score (nSPS) is 11.5. The minimum absolute atomic E-state index is 0.140. The molecule has 0 aliphatic heterocycles. The Kier molecular flexibility index (Phi) is 4.83. The SMILES string of the molecule is CCC(CC)(c1ccc(O)c(C)c1)c1ccc(C(=O)N(C)C)o1. The lowest BCUT2D eigenvalue weighted by Crippen LogP contribution is -2.26. The summed E-state index contributed by atoms with van der Waals surface area (Å²) in [5, 5.41) is 9.79. The highest BCUT2D eigenvalue weighted by Crippen LogP contribution is 2.40. The van der Waals surface area contributed by atoms with Crippen LogP contribution in [0.2, 0.25) is 0 Å². The van der Waals surface area contributed by atoms with E-state index < -0.39 is 0 Å². The van der Waals surface area contributed by atoms with Crippen molar-refractivity contribution in [2.24, 2.45) is 0 Å². The van der Waals surface area contributed by atoms with Gasteiger partial charge in [-0.2, -0.15) is 0 Å². The molecule has 23 heavy (non-hydrogen) atoms. The fourth-order valence-corrected chi connectivity index (χ4v) is 3.03. The summed E-state index contributed by atoms with van der Waals surface area (Å²) in [4.78, 5) is 13.6. The summed E-state index contributed by atoms with van der Waals surface area (Å²) >= 11 is 0. The summed E-state index contributed by atoms with van der Waals surface area (Å²) in [6, 6.07) is 9.29. The highest BCUT2D eigenvalue weighted by atomic mass is 16.4. The molecule has 4 nitrogen and oxygen atoms in total. The second-order valence-electron chi connectivity index (χ2n) is 6.15. The zero-order valence-electron chi connectivity index (χ0n) is 14.5. The van der Waals surface area contributed by atoms with Crippen molar-refractivity contribution in [3.63, 3.8) is 0 Å². The van der Waals surface area contributed by atoms with E-state index in [1.165, 1.54) is 4.90 Å². The van der Waals surface area contributed by atoms with Crippen molar-refractivity contribution >= 4 is 5.91 Å². The lowest BCUT2D eigenvalue weighted by molar-refractivity contribution is 0.0792. The van der Waals surface area contributed by atoms with Gasteiger partial charge in [0.1, 0.15) is 11.5 Å². The molecule has 1 amide bonds. The van der Waals surface area contributed by atoms with Crippen molar-refractivity contribution in [1.82, 2.24) is 4.90 Å². The molecule has 2 aromatic rings. The summed E-state index contributed by atoms with van der Waals surface area (Å²) in [6.45, 7) is 6.11. The summed E-state index contributed by atoms with van der Waals surface area (Å²) in [6.07, 6.45) is 1.69. The second kappa shape index (κ2) is 6.49. The van der Waals surface area contributed by atoms with E-state index in [1.807, 2.05) is 25.1 Å². The minimum atomic E-state index is -0.302. The first kappa shape index (κ1) is 17.1. The number of amides is 1. The fourth-order valence-electron chi connectivity index (χ4n) is 3.03. The van der Waals surface area contributed by atoms with Crippen LogP contribution in [0.5, 0.6) is 5.75 Å². The maximum atomic E-state index is 12.1. The largest absolute Gasteiger partial charge is 0.508 e. The number of rotatable bonds is 5. The Bertz CT molecular complexity index is 696. The Labute approximate surface area is 137 Å². The van der Waals surface area contributed by atoms with Gasteiger partial charge in [0.05, 0.1) is 5.41 Å². The Morgan fingerprint density at radius 1 is 1.17 bits per heavy atom. The van der Waals surface area contributed by atoms with Crippen molar-refractivity contribution in [2.45, 2.75) is 39.0 Å². The van der Waals surface area contributed by atoms with Gasteiger partial charge in [-0.05, 0) is 49.1 Å². The molecule has 4 heteroatoms. The summed E-state index contributed by atoms with van der Waals surface area (Å²) in [7, 11) is 3.42. The number of aromatic hydroxyl groups is 1. The first-order valence-electron chi connectivity index (χ1n) is 7.97. The third-order valence-electron chi connectivity index (χ3n) is 4.65. The van der Waals surface area contributed by atoms with E-state index in [0.29, 0.717) is 5.76 Å². The predicted molar refractivity (Wildman–Crippen MR) is 90.9 cm³/mol. The highest BCUT2D eigenvalue weighted by molar-refractivity contribution is 5.91. The number of benzene rings is 1. The number of carbonyl (C=O) groups is 1. The van der Waals surface area contributed by atoms with Crippen LogP contribution < -0.4 is 0 Å². The van der Waals surface area contributed by atoms with E-state index in [4.69, 9.17) is 4.42 Å². The number of nitrogens with zero attached hydrogens (tertiary/aromatic N) is 1. The van der Waals surface area contributed by atoms with E-state index in [2.05, 4.69) is 13.8 Å². The van der Waals surface area contributed by atoms with E-state index in [9.17, 15) is 9.90 Å². The van der Waals surface area contributed by atoms with Gasteiger partial charge in [-0.15, -0.1) is 0 Å². The number of hydrogen-bond donors (Lipinski definition) is 1. The number of phenols is 1. The highest BCUT2D eigenvalue weighted by Gasteiger charge is 2.35. The number of furan rings is 1. The van der Waals surface area contributed by atoms with Crippen molar-refractivity contribution in [1.29, 1.82) is 0 Å². The lowest BCUT2D eigenvalue weighted by Gasteiger charge is -2.30. The van der Waals surface area contributed by atoms with Crippen LogP contribution in [-0.2, 0) is 5.41 Å². The first-order valence-corrected chi connectivity index (χ1v) is 7.97. The van der Waals surface area contributed by atoms with Crippen LogP contribution in [0.15, 0.2) is 34.7 Å². The molecule has 0 atom stereocenters.